The van der Waals surface area contributed by atoms with Gasteiger partial charge in [-0.25, -0.2) is 4.79 Å². The first-order valence-corrected chi connectivity index (χ1v) is 8.93. The highest BCUT2D eigenvalue weighted by Gasteiger charge is 2.20. The zero-order valence-corrected chi connectivity index (χ0v) is 16.1. The molecular weight excluding hydrogens is 368 g/mol. The first kappa shape index (κ1) is 19.9. The van der Waals surface area contributed by atoms with Crippen LogP contribution < -0.4 is 14.2 Å². The van der Waals surface area contributed by atoms with E-state index in [1.165, 1.54) is 20.3 Å². The van der Waals surface area contributed by atoms with Crippen molar-refractivity contribution in [2.75, 3.05) is 14.2 Å². The second-order valence-corrected chi connectivity index (χ2v) is 6.06. The van der Waals surface area contributed by atoms with Crippen LogP contribution in [0.15, 0.2) is 78.9 Å². The number of hydrogen-bond donors (Lipinski definition) is 0. The van der Waals surface area contributed by atoms with Crippen molar-refractivity contribution in [3.05, 3.63) is 95.6 Å². The Hall–Kier alpha value is -3.86. The second kappa shape index (κ2) is 9.37. The highest BCUT2D eigenvalue weighted by molar-refractivity contribution is 6.06. The molecular formula is C24H20O5. The third kappa shape index (κ3) is 4.90. The number of carbonyl (C=O) groups is 2. The van der Waals surface area contributed by atoms with Crippen molar-refractivity contribution in [1.29, 1.82) is 0 Å². The quantitative estimate of drug-likeness (QED) is 0.251. The molecule has 0 N–H and O–H groups in total. The molecule has 0 atom stereocenters. The summed E-state index contributed by atoms with van der Waals surface area (Å²) in [5, 5.41) is 0. The summed E-state index contributed by atoms with van der Waals surface area (Å²) >= 11 is 0. The maximum absolute atomic E-state index is 12.7. The summed E-state index contributed by atoms with van der Waals surface area (Å²) in [6.07, 6.45) is 3.16. The first-order valence-electron chi connectivity index (χ1n) is 8.93. The van der Waals surface area contributed by atoms with Crippen LogP contribution in [0.2, 0.25) is 0 Å². The Kier molecular flexibility index (Phi) is 6.43. The van der Waals surface area contributed by atoms with Crippen LogP contribution in [0.25, 0.3) is 6.08 Å². The van der Waals surface area contributed by atoms with Gasteiger partial charge in [0.05, 0.1) is 14.2 Å². The molecule has 3 aromatic carbocycles. The van der Waals surface area contributed by atoms with Crippen LogP contribution in [0.1, 0.15) is 26.3 Å². The Morgan fingerprint density at radius 3 is 2.10 bits per heavy atom. The third-order valence-electron chi connectivity index (χ3n) is 4.19. The molecule has 0 saturated heterocycles. The van der Waals surface area contributed by atoms with Gasteiger partial charge in [-0.05, 0) is 35.9 Å². The second-order valence-electron chi connectivity index (χ2n) is 6.06. The fourth-order valence-electron chi connectivity index (χ4n) is 2.76. The molecule has 3 aromatic rings. The van der Waals surface area contributed by atoms with Gasteiger partial charge in [0, 0.05) is 5.56 Å². The molecule has 0 unspecified atom stereocenters. The van der Waals surface area contributed by atoms with Gasteiger partial charge in [-0.15, -0.1) is 0 Å². The van der Waals surface area contributed by atoms with E-state index in [9.17, 15) is 9.59 Å². The van der Waals surface area contributed by atoms with Crippen LogP contribution >= 0.6 is 0 Å². The fourth-order valence-corrected chi connectivity index (χ4v) is 2.76. The number of carbonyl (C=O) groups excluding carboxylic acids is 2. The zero-order chi connectivity index (χ0) is 20.6. The number of ketones is 1. The van der Waals surface area contributed by atoms with Crippen molar-refractivity contribution < 1.29 is 23.8 Å². The molecule has 146 valence electrons. The number of ether oxygens (including phenoxy) is 3. The van der Waals surface area contributed by atoms with Gasteiger partial charge in [0.25, 0.3) is 0 Å². The van der Waals surface area contributed by atoms with Crippen LogP contribution in [-0.4, -0.2) is 26.0 Å². The molecule has 0 aliphatic carbocycles. The molecule has 0 radical (unpaired) electrons. The van der Waals surface area contributed by atoms with Crippen LogP contribution in [0, 0.1) is 0 Å². The average molecular weight is 388 g/mol. The van der Waals surface area contributed by atoms with E-state index in [0.717, 1.165) is 5.56 Å². The molecule has 29 heavy (non-hydrogen) atoms. The van der Waals surface area contributed by atoms with E-state index in [1.54, 1.807) is 54.6 Å². The maximum atomic E-state index is 12.7. The minimum atomic E-state index is -0.596. The summed E-state index contributed by atoms with van der Waals surface area (Å²) in [5.41, 5.74) is 1.54. The van der Waals surface area contributed by atoms with Gasteiger partial charge in [0.2, 0.25) is 0 Å². The standard InChI is InChI=1S/C24H20O5/c1-27-21-12-7-13-22(28-2)23(21)24(26)29-19-11-6-8-17(16-19)14-15-20(25)18-9-4-3-5-10-18/h3-16H,1-2H3/b15-14+. The minimum absolute atomic E-state index is 0.105. The molecule has 0 fully saturated rings. The molecule has 0 aliphatic heterocycles. The third-order valence-corrected chi connectivity index (χ3v) is 4.19. The summed E-state index contributed by atoms with van der Waals surface area (Å²) < 4.78 is 16.0. The average Bonchev–Trinajstić information content (AvgIpc) is 2.77. The van der Waals surface area contributed by atoms with E-state index >= 15 is 0 Å². The number of methoxy groups -OCH3 is 2. The Bertz CT molecular complexity index is 1020. The van der Waals surface area contributed by atoms with Crippen LogP contribution in [0.3, 0.4) is 0 Å². The molecule has 0 saturated carbocycles. The van der Waals surface area contributed by atoms with Crippen molar-refractivity contribution in [3.63, 3.8) is 0 Å². The molecule has 0 aromatic heterocycles. The topological polar surface area (TPSA) is 61.8 Å². The Morgan fingerprint density at radius 1 is 0.793 bits per heavy atom. The fraction of sp³-hybridized carbons (Fsp3) is 0.0833. The van der Waals surface area contributed by atoms with Gasteiger partial charge in [0.1, 0.15) is 22.8 Å². The molecule has 0 aliphatic rings. The highest BCUT2D eigenvalue weighted by Crippen LogP contribution is 2.29. The van der Waals surface area contributed by atoms with E-state index in [0.29, 0.717) is 22.8 Å². The lowest BCUT2D eigenvalue weighted by atomic mass is 10.1. The zero-order valence-electron chi connectivity index (χ0n) is 16.1. The van der Waals surface area contributed by atoms with Crippen LogP contribution in [-0.2, 0) is 0 Å². The van der Waals surface area contributed by atoms with E-state index in [1.807, 2.05) is 24.3 Å². The lowest BCUT2D eigenvalue weighted by molar-refractivity contribution is 0.0727. The predicted molar refractivity (Wildman–Crippen MR) is 111 cm³/mol. The van der Waals surface area contributed by atoms with Gasteiger partial charge in [0.15, 0.2) is 5.78 Å². The Balaban J connectivity index is 1.78. The number of hydrogen-bond acceptors (Lipinski definition) is 5. The van der Waals surface area contributed by atoms with Crippen LogP contribution in [0.5, 0.6) is 17.2 Å². The molecule has 0 heterocycles. The first-order chi connectivity index (χ1) is 14.1. The molecule has 0 bridgehead atoms. The van der Waals surface area contributed by atoms with Crippen molar-refractivity contribution in [2.45, 2.75) is 0 Å². The van der Waals surface area contributed by atoms with E-state index in [-0.39, 0.29) is 11.3 Å². The van der Waals surface area contributed by atoms with Crippen molar-refractivity contribution in [2.24, 2.45) is 0 Å². The number of rotatable bonds is 7. The molecule has 5 heteroatoms. The van der Waals surface area contributed by atoms with E-state index < -0.39 is 5.97 Å². The normalized spacial score (nSPS) is 10.6. The minimum Gasteiger partial charge on any atom is -0.496 e. The van der Waals surface area contributed by atoms with Gasteiger partial charge < -0.3 is 14.2 Å². The van der Waals surface area contributed by atoms with Crippen molar-refractivity contribution in [3.8, 4) is 17.2 Å². The molecule has 0 spiro atoms. The predicted octanol–water partition coefficient (Wildman–Crippen LogP) is 4.82. The Labute approximate surface area is 169 Å². The lowest BCUT2D eigenvalue weighted by Gasteiger charge is -2.12. The van der Waals surface area contributed by atoms with Gasteiger partial charge in [-0.2, -0.15) is 0 Å². The van der Waals surface area contributed by atoms with Crippen molar-refractivity contribution >= 4 is 17.8 Å². The summed E-state index contributed by atoms with van der Waals surface area (Å²) in [6, 6.07) is 20.9. The lowest BCUT2D eigenvalue weighted by Crippen LogP contribution is -2.12. The van der Waals surface area contributed by atoms with Crippen LogP contribution in [0.4, 0.5) is 0 Å². The molecule has 0 amide bonds. The Morgan fingerprint density at radius 2 is 1.45 bits per heavy atom. The monoisotopic (exact) mass is 388 g/mol. The highest BCUT2D eigenvalue weighted by atomic mass is 16.5. The molecule has 5 nitrogen and oxygen atoms in total. The molecule has 3 rings (SSSR count). The summed E-state index contributed by atoms with van der Waals surface area (Å²) in [7, 11) is 2.95. The van der Waals surface area contributed by atoms with E-state index in [4.69, 9.17) is 14.2 Å². The SMILES string of the molecule is COc1cccc(OC)c1C(=O)Oc1cccc(/C=C/C(=O)c2ccccc2)c1. The van der Waals surface area contributed by atoms with Gasteiger partial charge in [-0.1, -0.05) is 54.6 Å². The van der Waals surface area contributed by atoms with Crippen molar-refractivity contribution in [1.82, 2.24) is 0 Å². The van der Waals surface area contributed by atoms with Gasteiger partial charge in [-0.3, -0.25) is 4.79 Å². The smallest absolute Gasteiger partial charge is 0.351 e. The number of esters is 1. The summed E-state index contributed by atoms with van der Waals surface area (Å²) in [5.74, 6) is 0.363. The maximum Gasteiger partial charge on any atom is 0.351 e. The largest absolute Gasteiger partial charge is 0.496 e. The van der Waals surface area contributed by atoms with Gasteiger partial charge >= 0.3 is 5.97 Å². The number of allylic oxidation sites excluding steroid dienone is 1. The summed E-state index contributed by atoms with van der Waals surface area (Å²) in [6.45, 7) is 0. The number of benzene rings is 3. The van der Waals surface area contributed by atoms with E-state index in [2.05, 4.69) is 0 Å². The summed E-state index contributed by atoms with van der Waals surface area (Å²) in [4.78, 5) is 24.9.